The Balaban J connectivity index is 2.41. The fourth-order valence-corrected chi connectivity index (χ4v) is 2.50. The normalized spacial score (nSPS) is 19.4. The van der Waals surface area contributed by atoms with E-state index in [2.05, 4.69) is 0 Å². The number of unbranched alkanes of at least 4 members (excludes halogenated alkanes) is 1. The Morgan fingerprint density at radius 1 is 1.05 bits per heavy atom. The Bertz CT molecular complexity index is 351. The van der Waals surface area contributed by atoms with Crippen molar-refractivity contribution >= 4 is 17.8 Å². The molecule has 1 fully saturated rings. The van der Waals surface area contributed by atoms with Gasteiger partial charge in [-0.2, -0.15) is 0 Å². The molecule has 6 nitrogen and oxygen atoms in total. The molecule has 0 aliphatic carbocycles. The molecule has 0 bridgehead atoms. The SMILES string of the molecule is N[C@@H](CCCCN1C(=O)CCCCCCCC1=O)C(=O)O. The van der Waals surface area contributed by atoms with E-state index >= 15 is 0 Å². The Morgan fingerprint density at radius 2 is 1.57 bits per heavy atom. The molecular weight excluding hydrogens is 272 g/mol. The topological polar surface area (TPSA) is 101 Å². The Morgan fingerprint density at radius 3 is 2.10 bits per heavy atom. The first-order valence-electron chi connectivity index (χ1n) is 7.84. The molecule has 3 N–H and O–H groups in total. The van der Waals surface area contributed by atoms with Gasteiger partial charge in [0, 0.05) is 19.4 Å². The molecule has 0 unspecified atom stereocenters. The van der Waals surface area contributed by atoms with Gasteiger partial charge in [-0.15, -0.1) is 0 Å². The molecule has 1 rings (SSSR count). The molecule has 1 saturated heterocycles. The summed E-state index contributed by atoms with van der Waals surface area (Å²) in [5.74, 6) is -1.20. The van der Waals surface area contributed by atoms with Gasteiger partial charge in [0.1, 0.15) is 6.04 Å². The van der Waals surface area contributed by atoms with Gasteiger partial charge in [0.25, 0.3) is 0 Å². The standard InChI is InChI=1S/C15H26N2O4/c16-12(15(20)21)8-6-7-11-17-13(18)9-4-2-1-3-5-10-14(17)19/h12H,1-11,16H2,(H,20,21)/t12-/m0/s1. The first-order chi connectivity index (χ1) is 10.0. The number of amides is 2. The summed E-state index contributed by atoms with van der Waals surface area (Å²) in [5, 5.41) is 8.70. The first kappa shape index (κ1) is 17.6. The number of hydrogen-bond donors (Lipinski definition) is 2. The lowest BCUT2D eigenvalue weighted by molar-refractivity contribution is -0.145. The zero-order valence-electron chi connectivity index (χ0n) is 12.6. The Labute approximate surface area is 125 Å². The number of carbonyl (C=O) groups is 3. The summed E-state index contributed by atoms with van der Waals surface area (Å²) in [6.45, 7) is 0.379. The van der Waals surface area contributed by atoms with Crippen LogP contribution in [0.25, 0.3) is 0 Å². The van der Waals surface area contributed by atoms with E-state index < -0.39 is 12.0 Å². The molecule has 1 atom stereocenters. The summed E-state index contributed by atoms with van der Waals surface area (Å²) < 4.78 is 0. The molecule has 0 aromatic carbocycles. The molecule has 0 aromatic heterocycles. The highest BCUT2D eigenvalue weighted by Crippen LogP contribution is 2.14. The van der Waals surface area contributed by atoms with Crippen LogP contribution in [0.4, 0.5) is 0 Å². The minimum Gasteiger partial charge on any atom is -0.480 e. The minimum absolute atomic E-state index is 0.0931. The smallest absolute Gasteiger partial charge is 0.320 e. The second-order valence-electron chi connectivity index (χ2n) is 5.65. The van der Waals surface area contributed by atoms with Crippen molar-refractivity contribution in [2.45, 2.75) is 70.3 Å². The highest BCUT2D eigenvalue weighted by Gasteiger charge is 2.21. The third-order valence-corrected chi connectivity index (χ3v) is 3.85. The van der Waals surface area contributed by atoms with Crippen molar-refractivity contribution in [3.63, 3.8) is 0 Å². The fraction of sp³-hybridized carbons (Fsp3) is 0.800. The lowest BCUT2D eigenvalue weighted by Crippen LogP contribution is -2.38. The molecule has 6 heteroatoms. The van der Waals surface area contributed by atoms with Crippen molar-refractivity contribution in [1.29, 1.82) is 0 Å². The summed E-state index contributed by atoms with van der Waals surface area (Å²) in [6.07, 6.45) is 7.30. The molecular formula is C15H26N2O4. The number of hydrogen-bond acceptors (Lipinski definition) is 4. The van der Waals surface area contributed by atoms with E-state index in [1.807, 2.05) is 0 Å². The van der Waals surface area contributed by atoms with Crippen LogP contribution in [0.3, 0.4) is 0 Å². The summed E-state index contributed by atoms with van der Waals surface area (Å²) in [4.78, 5) is 36.1. The largest absolute Gasteiger partial charge is 0.480 e. The molecule has 0 radical (unpaired) electrons. The highest BCUT2D eigenvalue weighted by atomic mass is 16.4. The number of imide groups is 1. The lowest BCUT2D eigenvalue weighted by atomic mass is 10.1. The second-order valence-corrected chi connectivity index (χ2v) is 5.65. The Kier molecular flexibility index (Phi) is 7.97. The molecule has 1 aliphatic rings. The number of carboxylic acids is 1. The molecule has 0 saturated carbocycles. The van der Waals surface area contributed by atoms with E-state index in [9.17, 15) is 14.4 Å². The van der Waals surface area contributed by atoms with Crippen LogP contribution >= 0.6 is 0 Å². The summed E-state index contributed by atoms with van der Waals surface area (Å²) in [7, 11) is 0. The van der Waals surface area contributed by atoms with Crippen LogP contribution in [0.15, 0.2) is 0 Å². The van der Waals surface area contributed by atoms with Crippen LogP contribution in [-0.4, -0.2) is 40.4 Å². The van der Waals surface area contributed by atoms with Gasteiger partial charge in [0.15, 0.2) is 0 Å². The van der Waals surface area contributed by atoms with E-state index in [0.717, 1.165) is 32.1 Å². The molecule has 21 heavy (non-hydrogen) atoms. The van der Waals surface area contributed by atoms with Gasteiger partial charge < -0.3 is 10.8 Å². The molecule has 0 spiro atoms. The average molecular weight is 298 g/mol. The van der Waals surface area contributed by atoms with Crippen LogP contribution in [0.2, 0.25) is 0 Å². The van der Waals surface area contributed by atoms with Crippen LogP contribution in [0.5, 0.6) is 0 Å². The van der Waals surface area contributed by atoms with Gasteiger partial charge in [-0.1, -0.05) is 19.3 Å². The number of carboxylic acid groups (broad SMARTS) is 1. The molecule has 120 valence electrons. The highest BCUT2D eigenvalue weighted by molar-refractivity contribution is 5.95. The molecule has 2 amide bonds. The zero-order chi connectivity index (χ0) is 15.7. The molecule has 1 aliphatic heterocycles. The van der Waals surface area contributed by atoms with Crippen LogP contribution in [0.1, 0.15) is 64.2 Å². The van der Waals surface area contributed by atoms with E-state index in [0.29, 0.717) is 38.6 Å². The molecule has 0 aromatic rings. The van der Waals surface area contributed by atoms with Gasteiger partial charge in [0.2, 0.25) is 11.8 Å². The summed E-state index contributed by atoms with van der Waals surface area (Å²) in [5.41, 5.74) is 5.43. The third-order valence-electron chi connectivity index (χ3n) is 3.85. The maximum Gasteiger partial charge on any atom is 0.320 e. The van der Waals surface area contributed by atoms with Crippen molar-refractivity contribution in [2.75, 3.05) is 6.54 Å². The van der Waals surface area contributed by atoms with E-state index in [1.54, 1.807) is 0 Å². The van der Waals surface area contributed by atoms with E-state index in [1.165, 1.54) is 4.90 Å². The van der Waals surface area contributed by atoms with Crippen molar-refractivity contribution in [3.05, 3.63) is 0 Å². The maximum atomic E-state index is 12.1. The van der Waals surface area contributed by atoms with Crippen molar-refractivity contribution in [3.8, 4) is 0 Å². The maximum absolute atomic E-state index is 12.1. The zero-order valence-corrected chi connectivity index (χ0v) is 12.6. The second kappa shape index (κ2) is 9.50. The number of carbonyl (C=O) groups excluding carboxylic acids is 2. The van der Waals surface area contributed by atoms with Gasteiger partial charge in [-0.3, -0.25) is 19.3 Å². The average Bonchev–Trinajstić information content (AvgIpc) is 2.44. The number of nitrogens with zero attached hydrogens (tertiary/aromatic N) is 1. The fourth-order valence-electron chi connectivity index (χ4n) is 2.50. The minimum atomic E-state index is -1.01. The van der Waals surface area contributed by atoms with Crippen LogP contribution < -0.4 is 5.73 Å². The Hall–Kier alpha value is -1.43. The first-order valence-corrected chi connectivity index (χ1v) is 7.84. The quantitative estimate of drug-likeness (QED) is 0.574. The summed E-state index contributed by atoms with van der Waals surface area (Å²) >= 11 is 0. The third kappa shape index (κ3) is 6.71. The number of rotatable bonds is 6. The van der Waals surface area contributed by atoms with Gasteiger partial charge in [-0.25, -0.2) is 0 Å². The monoisotopic (exact) mass is 298 g/mol. The van der Waals surface area contributed by atoms with Crippen molar-refractivity contribution in [2.24, 2.45) is 5.73 Å². The van der Waals surface area contributed by atoms with Crippen molar-refractivity contribution in [1.82, 2.24) is 4.90 Å². The van der Waals surface area contributed by atoms with Crippen molar-refractivity contribution < 1.29 is 19.5 Å². The van der Waals surface area contributed by atoms with Crippen LogP contribution in [-0.2, 0) is 14.4 Å². The number of aliphatic carboxylic acids is 1. The summed E-state index contributed by atoms with van der Waals surface area (Å²) in [6, 6.07) is -0.865. The van der Waals surface area contributed by atoms with E-state index in [-0.39, 0.29) is 11.8 Å². The molecule has 1 heterocycles. The van der Waals surface area contributed by atoms with Gasteiger partial charge >= 0.3 is 5.97 Å². The number of nitrogens with two attached hydrogens (primary N) is 1. The predicted octanol–water partition coefficient (Wildman–Crippen LogP) is 1.67. The lowest BCUT2D eigenvalue weighted by Gasteiger charge is -2.22. The van der Waals surface area contributed by atoms with Crippen LogP contribution in [0, 0.1) is 0 Å². The van der Waals surface area contributed by atoms with Gasteiger partial charge in [-0.05, 0) is 32.1 Å². The van der Waals surface area contributed by atoms with E-state index in [4.69, 9.17) is 10.8 Å². The van der Waals surface area contributed by atoms with Gasteiger partial charge in [0.05, 0.1) is 0 Å². The predicted molar refractivity (Wildman–Crippen MR) is 78.5 cm³/mol.